The van der Waals surface area contributed by atoms with E-state index in [1.165, 1.54) is 0 Å². The molecule has 0 aliphatic carbocycles. The molecule has 6 aromatic carbocycles. The Kier molecular flexibility index (Phi) is 26.9. The number of para-hydroxylation sites is 6. The van der Waals surface area contributed by atoms with Crippen molar-refractivity contribution in [3.8, 4) is 34.5 Å². The van der Waals surface area contributed by atoms with Crippen LogP contribution in [0.3, 0.4) is 0 Å². The average Bonchev–Trinajstić information content (AvgIpc) is 3.25. The first-order chi connectivity index (χ1) is 27.6. The molecule has 302 valence electrons. The van der Waals surface area contributed by atoms with Gasteiger partial charge in [0.1, 0.15) is 34.5 Å². The molecule has 10 nitrogen and oxygen atoms in total. The van der Waals surface area contributed by atoms with Crippen LogP contribution >= 0.6 is 25.8 Å². The van der Waals surface area contributed by atoms with Gasteiger partial charge in [0.25, 0.3) is 6.79 Å². The van der Waals surface area contributed by atoms with E-state index in [0.717, 1.165) is 0 Å². The summed E-state index contributed by atoms with van der Waals surface area (Å²) in [5.74, 6) is 4.25. The Balaban J connectivity index is 0.000000306. The summed E-state index contributed by atoms with van der Waals surface area (Å²) in [5, 5.41) is 0. The van der Waals surface area contributed by atoms with Crippen molar-refractivity contribution in [1.82, 2.24) is 0 Å². The summed E-state index contributed by atoms with van der Waals surface area (Å²) in [6, 6.07) is 57.0. The molecule has 0 saturated carbocycles. The van der Waals surface area contributed by atoms with Gasteiger partial charge in [0.2, 0.25) is 0 Å². The zero-order chi connectivity index (χ0) is 39.9. The van der Waals surface area contributed by atoms with Crippen molar-refractivity contribution < 1.29 is 62.0 Å². The Morgan fingerprint density at radius 1 is 0.316 bits per heavy atom. The van der Waals surface area contributed by atoms with Gasteiger partial charge in [0.05, 0.1) is 19.8 Å². The predicted octanol–water partition coefficient (Wildman–Crippen LogP) is 12.8. The minimum Gasteiger partial charge on any atom is -0.409 e. The van der Waals surface area contributed by atoms with Crippen LogP contribution < -0.4 is 27.1 Å². The third kappa shape index (κ3) is 21.5. The second kappa shape index (κ2) is 31.5. The molecule has 0 aliphatic heterocycles. The summed E-state index contributed by atoms with van der Waals surface area (Å²) in [6.07, 6.45) is 0. The van der Waals surface area contributed by atoms with E-state index in [2.05, 4.69) is 6.79 Å². The Hall–Kier alpha value is -4.55. The molecule has 6 aromatic rings. The first-order valence-electron chi connectivity index (χ1n) is 17.5. The second-order valence-corrected chi connectivity index (χ2v) is 13.6. The normalized spacial score (nSPS) is 9.86. The number of hydrogen-bond acceptors (Lipinski definition) is 10. The fourth-order valence-corrected chi connectivity index (χ4v) is 6.79. The van der Waals surface area contributed by atoms with Gasteiger partial charge >= 0.3 is 25.8 Å². The van der Waals surface area contributed by atoms with Gasteiger partial charge in [0.15, 0.2) is 0 Å². The van der Waals surface area contributed by atoms with E-state index in [0.29, 0.717) is 54.3 Å². The Morgan fingerprint density at radius 3 is 0.614 bits per heavy atom. The van der Waals surface area contributed by atoms with E-state index in [1.54, 1.807) is 0 Å². The summed E-state index contributed by atoms with van der Waals surface area (Å²) in [6.45, 7) is 12.2. The van der Waals surface area contributed by atoms with E-state index in [1.807, 2.05) is 203 Å². The number of carbonyl (C=O) groups excluding carboxylic acids is 1. The molecule has 0 fully saturated rings. The third-order valence-electron chi connectivity index (χ3n) is 6.24. The van der Waals surface area contributed by atoms with Crippen LogP contribution in [0.2, 0.25) is 0 Å². The zero-order valence-corrected chi connectivity index (χ0v) is 35.4. The second-order valence-electron chi connectivity index (χ2n) is 10.4. The predicted molar refractivity (Wildman–Crippen MR) is 224 cm³/mol. The molecule has 0 aliphatic rings. The smallest absolute Gasteiger partial charge is 0.409 e. The molecule has 0 saturated heterocycles. The topological polar surface area (TPSA) is 100 Å². The van der Waals surface area contributed by atoms with Gasteiger partial charge in [-0.25, -0.2) is 0 Å². The fraction of sp³-hybridized carbons (Fsp3) is 0.140. The molecule has 0 atom stereocenters. The van der Waals surface area contributed by atoms with Crippen LogP contribution in [0.25, 0.3) is 0 Å². The first kappa shape index (κ1) is 48.6. The summed E-state index contributed by atoms with van der Waals surface area (Å²) in [4.78, 5) is 7.50. The number of rotatable bonds is 18. The Bertz CT molecular complexity index is 1460. The molecule has 2 radical (unpaired) electrons. The summed E-state index contributed by atoms with van der Waals surface area (Å²) in [7, 11) is -4.24. The maximum absolute atomic E-state index is 7.50. The van der Waals surface area contributed by atoms with Crippen LogP contribution in [0.1, 0.15) is 20.8 Å². The fourth-order valence-electron chi connectivity index (χ4n) is 3.94. The van der Waals surface area contributed by atoms with Crippen LogP contribution in [-0.2, 0) is 34.9 Å². The van der Waals surface area contributed by atoms with E-state index in [4.69, 9.17) is 45.5 Å². The molecule has 0 unspecified atom stereocenters. The van der Waals surface area contributed by atoms with Gasteiger partial charge in [-0.05, 0) is 93.6 Å². The van der Waals surface area contributed by atoms with Gasteiger partial charge in [0, 0.05) is 16.5 Å². The molecule has 0 N–H and O–H groups in total. The van der Waals surface area contributed by atoms with Gasteiger partial charge in [-0.15, -0.1) is 0 Å². The molecule has 6 rings (SSSR count). The monoisotopic (exact) mass is 872 g/mol. The molecule has 0 heterocycles. The van der Waals surface area contributed by atoms with Gasteiger partial charge in [-0.3, -0.25) is 4.79 Å². The average molecular weight is 873 g/mol. The summed E-state index contributed by atoms with van der Waals surface area (Å²) < 4.78 is 50.5. The molecular weight excluding hydrogens is 828 g/mol. The molecule has 0 amide bonds. The minimum atomic E-state index is -1.59. The van der Waals surface area contributed by atoms with Crippen molar-refractivity contribution in [2.24, 2.45) is 0 Å². The van der Waals surface area contributed by atoms with Crippen LogP contribution in [0.15, 0.2) is 182 Å². The van der Waals surface area contributed by atoms with Crippen molar-refractivity contribution in [3.05, 3.63) is 182 Å². The van der Waals surface area contributed by atoms with E-state index >= 15 is 0 Å². The molecule has 0 bridgehead atoms. The van der Waals surface area contributed by atoms with Crippen LogP contribution in [0.4, 0.5) is 0 Å². The molecular formula is C43H45NiO10P3. The standard InChI is InChI=1S/2C18H15O3P.C6H15O3P.CO.Ni/c2*1-4-10-16(11-5-1)19-22(20-17-12-6-2-7-13-17)21-18-14-8-3-9-15-18;1-4-7-10(8-5-2)9-6-3;1-2;/h2*1-15H;4-6H2,1-3H3;;. The van der Waals surface area contributed by atoms with Crippen LogP contribution in [0, 0.1) is 0 Å². The maximum atomic E-state index is 7.50. The van der Waals surface area contributed by atoms with Crippen molar-refractivity contribution in [1.29, 1.82) is 0 Å². The number of hydrogen-bond donors (Lipinski definition) is 0. The Labute approximate surface area is 350 Å². The van der Waals surface area contributed by atoms with E-state index < -0.39 is 25.8 Å². The van der Waals surface area contributed by atoms with Crippen molar-refractivity contribution in [2.75, 3.05) is 19.8 Å². The molecule has 0 aromatic heterocycles. The van der Waals surface area contributed by atoms with Crippen molar-refractivity contribution in [2.45, 2.75) is 20.8 Å². The van der Waals surface area contributed by atoms with Crippen molar-refractivity contribution in [3.63, 3.8) is 0 Å². The minimum absolute atomic E-state index is 0. The van der Waals surface area contributed by atoms with E-state index in [-0.39, 0.29) is 16.5 Å². The summed E-state index contributed by atoms with van der Waals surface area (Å²) in [5.41, 5.74) is 0. The summed E-state index contributed by atoms with van der Waals surface area (Å²) >= 11 is 0. The maximum Gasteiger partial charge on any atom is 0.530 e. The van der Waals surface area contributed by atoms with Crippen LogP contribution in [0.5, 0.6) is 34.5 Å². The van der Waals surface area contributed by atoms with Gasteiger partial charge < -0.3 is 40.7 Å². The van der Waals surface area contributed by atoms with Crippen molar-refractivity contribution >= 4 is 32.6 Å². The van der Waals surface area contributed by atoms with E-state index in [9.17, 15) is 0 Å². The number of benzene rings is 6. The van der Waals surface area contributed by atoms with Gasteiger partial charge in [-0.1, -0.05) is 109 Å². The quantitative estimate of drug-likeness (QED) is 0.0613. The zero-order valence-electron chi connectivity index (χ0n) is 31.7. The SMILES string of the molecule is CCOP(OCC)OCC.[C]=O.[Ni].c1ccc(OP(Oc2ccccc2)Oc2ccccc2)cc1.c1ccc(OP(Oc2ccccc2)Oc2ccccc2)cc1. The molecule has 14 heteroatoms. The molecule has 57 heavy (non-hydrogen) atoms. The molecule has 0 spiro atoms. The Morgan fingerprint density at radius 2 is 0.474 bits per heavy atom. The van der Waals surface area contributed by atoms with Gasteiger partial charge in [-0.2, -0.15) is 0 Å². The van der Waals surface area contributed by atoms with Crippen LogP contribution in [-0.4, -0.2) is 26.6 Å². The largest absolute Gasteiger partial charge is 0.530 e. The first-order valence-corrected chi connectivity index (χ1v) is 20.8. The third-order valence-corrected chi connectivity index (χ3v) is 9.81.